The van der Waals surface area contributed by atoms with Gasteiger partial charge in [-0.05, 0) is 0 Å². The topological polar surface area (TPSA) is 9.23 Å². The summed E-state index contributed by atoms with van der Waals surface area (Å²) < 4.78 is 4.89. The van der Waals surface area contributed by atoms with Gasteiger partial charge in [-0.25, -0.2) is 0 Å². The van der Waals surface area contributed by atoms with E-state index in [1.807, 2.05) is 24.3 Å². The Morgan fingerprint density at radius 3 is 2.00 bits per heavy atom. The van der Waals surface area contributed by atoms with Crippen LogP contribution in [0.1, 0.15) is 0 Å². The molecule has 0 N–H and O–H groups in total. The van der Waals surface area contributed by atoms with Crippen LogP contribution in [-0.4, -0.2) is 7.11 Å². The van der Waals surface area contributed by atoms with Gasteiger partial charge in [-0.2, -0.15) is 18.2 Å². The number of benzene rings is 1. The molecule has 0 amide bonds. The molecule has 58 valence electrons. The summed E-state index contributed by atoms with van der Waals surface area (Å²) in [7, 11) is 6.41. The maximum Gasteiger partial charge on any atom is 1.00 e. The first-order valence-electron chi connectivity index (χ1n) is 2.70. The summed E-state index contributed by atoms with van der Waals surface area (Å²) >= 11 is 0.847. The average molecular weight is 250 g/mol. The Kier molecular flexibility index (Phi) is 22.2. The van der Waals surface area contributed by atoms with Crippen molar-refractivity contribution in [1.82, 2.24) is 0 Å². The zero-order chi connectivity index (χ0) is 7.82. The van der Waals surface area contributed by atoms with Crippen LogP contribution in [0.5, 0.6) is 5.75 Å². The van der Waals surface area contributed by atoms with E-state index in [4.69, 9.17) is 14.4 Å². The SMILES string of the molecule is COc1cc[c-]cc1.[Cl-].[Cl][Zn+].[Li+]. The standard InChI is InChI=1S/C7H7O.2ClH.Li.Zn/c1-8-7-5-3-2-4-6-7;;;;/h3-6H,1H3;2*1H;;/q-1;;;+1;+2/p-2. The monoisotopic (exact) mass is 248 g/mol. The fraction of sp³-hybridized carbons (Fsp3) is 0.143. The molecule has 5 heteroatoms. The van der Waals surface area contributed by atoms with Crippen LogP contribution < -0.4 is 36.0 Å². The Hall–Kier alpha value is 0.821. The number of hydrogen-bond acceptors (Lipinski definition) is 1. The van der Waals surface area contributed by atoms with Crippen LogP contribution in [-0.2, 0) is 17.3 Å². The molecule has 0 unspecified atom stereocenters. The van der Waals surface area contributed by atoms with Crippen LogP contribution in [0.4, 0.5) is 0 Å². The molecule has 1 aromatic rings. The van der Waals surface area contributed by atoms with Gasteiger partial charge in [-0.1, -0.05) is 0 Å². The molecule has 1 rings (SSSR count). The molecule has 0 aliphatic carbocycles. The van der Waals surface area contributed by atoms with E-state index in [1.165, 1.54) is 0 Å². The molecule has 0 aromatic heterocycles. The fourth-order valence-electron chi connectivity index (χ4n) is 0.508. The van der Waals surface area contributed by atoms with E-state index in [9.17, 15) is 0 Å². The predicted octanol–water partition coefficient (Wildman–Crippen LogP) is -3.81. The van der Waals surface area contributed by atoms with Crippen molar-refractivity contribution in [2.24, 2.45) is 0 Å². The van der Waals surface area contributed by atoms with E-state index < -0.39 is 0 Å². The molecule has 0 atom stereocenters. The largest absolute Gasteiger partial charge is 1.00 e. The van der Waals surface area contributed by atoms with Gasteiger partial charge >= 0.3 is 45.9 Å². The summed E-state index contributed by atoms with van der Waals surface area (Å²) in [5.74, 6) is 0.878. The molecule has 1 aromatic carbocycles. The molecule has 1 nitrogen and oxygen atoms in total. The van der Waals surface area contributed by atoms with E-state index in [1.54, 1.807) is 7.11 Å². The van der Waals surface area contributed by atoms with Crippen molar-refractivity contribution in [2.75, 3.05) is 7.11 Å². The number of ether oxygens (including phenoxy) is 1. The van der Waals surface area contributed by atoms with Gasteiger partial charge in [0.05, 0.1) is 7.11 Å². The third-order valence-corrected chi connectivity index (χ3v) is 0.923. The molecule has 0 aliphatic rings. The molecule has 0 bridgehead atoms. The van der Waals surface area contributed by atoms with Gasteiger partial charge in [-0.3, -0.25) is 0 Å². The van der Waals surface area contributed by atoms with E-state index in [0.29, 0.717) is 0 Å². The Bertz CT molecular complexity index is 163. The van der Waals surface area contributed by atoms with E-state index >= 15 is 0 Å². The second kappa shape index (κ2) is 14.4. The van der Waals surface area contributed by atoms with Gasteiger partial charge in [0.1, 0.15) is 0 Å². The number of halogens is 2. The second-order valence-electron chi connectivity index (χ2n) is 1.44. The Labute approximate surface area is 106 Å². The molecule has 0 spiro atoms. The molecule has 0 radical (unpaired) electrons. The molecule has 0 saturated heterocycles. The van der Waals surface area contributed by atoms with Gasteiger partial charge < -0.3 is 17.1 Å². The van der Waals surface area contributed by atoms with Crippen molar-refractivity contribution in [2.45, 2.75) is 0 Å². The van der Waals surface area contributed by atoms with Gasteiger partial charge in [0.2, 0.25) is 0 Å². The first kappa shape index (κ1) is 18.6. The van der Waals surface area contributed by atoms with Crippen LogP contribution in [0, 0.1) is 6.07 Å². The zero-order valence-corrected chi connectivity index (χ0v) is 11.7. The smallest absolute Gasteiger partial charge is 1.00 e. The Balaban J connectivity index is -0.000000189. The summed E-state index contributed by atoms with van der Waals surface area (Å²) in [5.41, 5.74) is 0. The summed E-state index contributed by atoms with van der Waals surface area (Å²) in [4.78, 5) is 0. The Morgan fingerprint density at radius 2 is 1.75 bits per heavy atom. The molecular weight excluding hydrogens is 243 g/mol. The minimum absolute atomic E-state index is 0. The quantitative estimate of drug-likeness (QED) is 0.367. The first-order valence-corrected chi connectivity index (χ1v) is 6.60. The second-order valence-corrected chi connectivity index (χ2v) is 1.44. The summed E-state index contributed by atoms with van der Waals surface area (Å²) in [6, 6.07) is 10.2. The van der Waals surface area contributed by atoms with E-state index in [2.05, 4.69) is 6.07 Å². The molecule has 0 aliphatic heterocycles. The summed E-state index contributed by atoms with van der Waals surface area (Å²) in [5, 5.41) is 0. The normalized spacial score (nSPS) is 6.33. The van der Waals surface area contributed by atoms with Crippen LogP contribution in [0.2, 0.25) is 0 Å². The van der Waals surface area contributed by atoms with Crippen molar-refractivity contribution in [3.63, 3.8) is 0 Å². The van der Waals surface area contributed by atoms with Gasteiger partial charge in [0, 0.05) is 5.75 Å². The van der Waals surface area contributed by atoms with Crippen molar-refractivity contribution in [3.8, 4) is 5.75 Å². The average Bonchev–Trinajstić information content (AvgIpc) is 2.10. The molecule has 0 fully saturated rings. The molecule has 12 heavy (non-hydrogen) atoms. The van der Waals surface area contributed by atoms with Crippen molar-refractivity contribution in [3.05, 3.63) is 30.3 Å². The number of hydrogen-bond donors (Lipinski definition) is 0. The third kappa shape index (κ3) is 8.91. The number of methoxy groups -OCH3 is 1. The van der Waals surface area contributed by atoms with E-state index in [-0.39, 0.29) is 31.3 Å². The maximum atomic E-state index is 4.89. The number of rotatable bonds is 1. The Morgan fingerprint density at radius 1 is 1.33 bits per heavy atom. The summed E-state index contributed by atoms with van der Waals surface area (Å²) in [6.45, 7) is 0. The molecule has 0 heterocycles. The van der Waals surface area contributed by atoms with Crippen molar-refractivity contribution in [1.29, 1.82) is 0 Å². The maximum absolute atomic E-state index is 4.89. The molecule has 0 saturated carbocycles. The van der Waals surface area contributed by atoms with Crippen molar-refractivity contribution < 1.29 is 53.3 Å². The van der Waals surface area contributed by atoms with Gasteiger partial charge in [0.25, 0.3) is 0 Å². The van der Waals surface area contributed by atoms with E-state index in [0.717, 1.165) is 23.1 Å². The van der Waals surface area contributed by atoms with Gasteiger partial charge in [-0.15, -0.1) is 12.1 Å². The van der Waals surface area contributed by atoms with Crippen molar-refractivity contribution >= 4 is 9.69 Å². The van der Waals surface area contributed by atoms with Crippen LogP contribution in [0.25, 0.3) is 0 Å². The minimum Gasteiger partial charge on any atom is 1.00 e. The van der Waals surface area contributed by atoms with Crippen LogP contribution in [0.15, 0.2) is 24.3 Å². The minimum atomic E-state index is 0. The van der Waals surface area contributed by atoms with Crippen LogP contribution in [0.3, 0.4) is 0 Å². The zero-order valence-electron chi connectivity index (χ0n) is 7.18. The fourth-order valence-corrected chi connectivity index (χ4v) is 0.508. The molecular formula is C7H7Cl2LiOZn. The third-order valence-electron chi connectivity index (χ3n) is 0.923. The predicted molar refractivity (Wildman–Crippen MR) is 37.7 cm³/mol. The first-order chi connectivity index (χ1) is 4.93. The summed E-state index contributed by atoms with van der Waals surface area (Å²) in [6.07, 6.45) is 0. The van der Waals surface area contributed by atoms with Gasteiger partial charge in [0.15, 0.2) is 0 Å². The van der Waals surface area contributed by atoms with Crippen LogP contribution >= 0.6 is 9.69 Å².